The summed E-state index contributed by atoms with van der Waals surface area (Å²) in [5.41, 5.74) is 9.02. The first kappa shape index (κ1) is 12.6. The van der Waals surface area contributed by atoms with Gasteiger partial charge in [-0.2, -0.15) is 0 Å². The molecule has 0 amide bonds. The van der Waals surface area contributed by atoms with E-state index in [1.54, 1.807) is 16.7 Å². The third-order valence-electron chi connectivity index (χ3n) is 3.89. The highest BCUT2D eigenvalue weighted by atomic mass is 32.2. The van der Waals surface area contributed by atoms with Gasteiger partial charge in [0, 0.05) is 34.9 Å². The van der Waals surface area contributed by atoms with Crippen LogP contribution in [-0.4, -0.2) is 10.3 Å². The van der Waals surface area contributed by atoms with E-state index in [4.69, 9.17) is 10.2 Å². The van der Waals surface area contributed by atoms with Gasteiger partial charge in [-0.05, 0) is 23.8 Å². The van der Waals surface area contributed by atoms with Gasteiger partial charge in [-0.15, -0.1) is 11.8 Å². The Kier molecular flexibility index (Phi) is 2.82. The molecule has 1 aromatic heterocycles. The molecule has 0 fully saturated rings. The van der Waals surface area contributed by atoms with Crippen LogP contribution in [0.25, 0.3) is 11.1 Å². The first-order valence-electron chi connectivity index (χ1n) is 6.83. The number of hydrogen-bond donors (Lipinski definition) is 1. The minimum atomic E-state index is -0.315. The van der Waals surface area contributed by atoms with E-state index in [0.717, 1.165) is 11.3 Å². The van der Waals surface area contributed by atoms with Gasteiger partial charge in [-0.1, -0.05) is 18.2 Å². The van der Waals surface area contributed by atoms with Crippen molar-refractivity contribution < 1.29 is 4.42 Å². The van der Waals surface area contributed by atoms with E-state index in [2.05, 4.69) is 24.3 Å². The second-order valence-corrected chi connectivity index (χ2v) is 6.31. The zero-order valence-electron chi connectivity index (χ0n) is 11.3. The molecule has 0 aliphatic carbocycles. The second-order valence-electron chi connectivity index (χ2n) is 5.25. The summed E-state index contributed by atoms with van der Waals surface area (Å²) in [7, 11) is 0. The molecule has 4 rings (SSSR count). The molecular weight excluding hydrogens is 284 g/mol. The maximum Gasteiger partial charge on any atom is 0.419 e. The van der Waals surface area contributed by atoms with Crippen LogP contribution in [0.5, 0.6) is 0 Å². The number of nitrogens with two attached hydrogens (primary N) is 1. The summed E-state index contributed by atoms with van der Waals surface area (Å²) in [4.78, 5) is 13.4. The lowest BCUT2D eigenvalue weighted by Gasteiger charge is -2.11. The minimum Gasteiger partial charge on any atom is -0.408 e. The maximum atomic E-state index is 12.1. The zero-order chi connectivity index (χ0) is 14.4. The third-order valence-corrected chi connectivity index (χ3v) is 5.15. The van der Waals surface area contributed by atoms with E-state index in [0.29, 0.717) is 23.7 Å². The number of rotatable bonds is 2. The van der Waals surface area contributed by atoms with Crippen LogP contribution in [0.4, 0.5) is 5.69 Å². The van der Waals surface area contributed by atoms with Gasteiger partial charge in [-0.3, -0.25) is 4.57 Å². The molecule has 0 bridgehead atoms. The Bertz CT molecular complexity index is 881. The molecular formula is C16H14N2O2S. The summed E-state index contributed by atoms with van der Waals surface area (Å²) < 4.78 is 7.01. The number of oxazole rings is 1. The first-order chi connectivity index (χ1) is 10.2. The molecule has 1 unspecified atom stereocenters. The zero-order valence-corrected chi connectivity index (χ0v) is 12.1. The molecule has 4 nitrogen and oxygen atoms in total. The predicted octanol–water partition coefficient (Wildman–Crippen LogP) is 3.07. The molecule has 1 aliphatic heterocycles. The van der Waals surface area contributed by atoms with Crippen LogP contribution in [0.2, 0.25) is 0 Å². The van der Waals surface area contributed by atoms with Gasteiger partial charge in [-0.25, -0.2) is 4.79 Å². The lowest BCUT2D eigenvalue weighted by atomic mass is 10.0. The van der Waals surface area contributed by atoms with Crippen molar-refractivity contribution in [1.82, 2.24) is 4.57 Å². The number of aromatic nitrogens is 1. The number of thioether (sulfide) groups is 1. The van der Waals surface area contributed by atoms with Crippen molar-refractivity contribution in [3.63, 3.8) is 0 Å². The Labute approximate surface area is 125 Å². The van der Waals surface area contributed by atoms with Gasteiger partial charge in [0.15, 0.2) is 5.58 Å². The number of hydrogen-bond acceptors (Lipinski definition) is 4. The average Bonchev–Trinajstić information content (AvgIpc) is 3.01. The van der Waals surface area contributed by atoms with Gasteiger partial charge < -0.3 is 10.2 Å². The summed E-state index contributed by atoms with van der Waals surface area (Å²) in [6.45, 7) is 0.639. The predicted molar refractivity (Wildman–Crippen MR) is 84.8 cm³/mol. The summed E-state index contributed by atoms with van der Waals surface area (Å²) >= 11 is 1.85. The highest BCUT2D eigenvalue weighted by Crippen LogP contribution is 2.40. The van der Waals surface area contributed by atoms with Crippen molar-refractivity contribution in [1.29, 1.82) is 0 Å². The molecule has 0 saturated heterocycles. The summed E-state index contributed by atoms with van der Waals surface area (Å²) in [6, 6.07) is 13.7. The molecule has 2 aromatic carbocycles. The maximum absolute atomic E-state index is 12.1. The number of nitrogen functional groups attached to an aromatic ring is 1. The first-order valence-corrected chi connectivity index (χ1v) is 7.81. The molecule has 1 aliphatic rings. The number of nitrogens with zero attached hydrogens (tertiary/aromatic N) is 1. The average molecular weight is 298 g/mol. The van der Waals surface area contributed by atoms with Gasteiger partial charge in [0.25, 0.3) is 0 Å². The van der Waals surface area contributed by atoms with E-state index in [-0.39, 0.29) is 5.76 Å². The molecule has 2 heterocycles. The highest BCUT2D eigenvalue weighted by molar-refractivity contribution is 7.99. The van der Waals surface area contributed by atoms with Gasteiger partial charge in [0.05, 0.1) is 5.52 Å². The molecule has 3 aromatic rings. The lowest BCUT2D eigenvalue weighted by Crippen LogP contribution is -2.19. The van der Waals surface area contributed by atoms with Crippen LogP contribution in [0.1, 0.15) is 11.5 Å². The topological polar surface area (TPSA) is 61.2 Å². The standard InChI is InChI=1S/C16H14N2O2S/c17-11-5-6-13-14(7-11)20-16(19)18(13)8-10-9-21-15-4-2-1-3-12(10)15/h1-7,10H,8-9,17H2. The van der Waals surface area contributed by atoms with E-state index in [1.807, 2.05) is 17.8 Å². The van der Waals surface area contributed by atoms with Crippen molar-refractivity contribution in [2.75, 3.05) is 11.5 Å². The molecule has 21 heavy (non-hydrogen) atoms. The molecule has 0 saturated carbocycles. The fourth-order valence-corrected chi connectivity index (χ4v) is 4.10. The summed E-state index contributed by atoms with van der Waals surface area (Å²) in [5.74, 6) is 1.01. The molecule has 0 spiro atoms. The minimum absolute atomic E-state index is 0.315. The number of anilines is 1. The van der Waals surface area contributed by atoms with Crippen LogP contribution in [0.15, 0.2) is 56.6 Å². The third kappa shape index (κ3) is 2.05. The Morgan fingerprint density at radius 3 is 3.05 bits per heavy atom. The van der Waals surface area contributed by atoms with E-state index in [9.17, 15) is 4.79 Å². The monoisotopic (exact) mass is 298 g/mol. The summed E-state index contributed by atoms with van der Waals surface area (Å²) in [6.07, 6.45) is 0. The Hall–Kier alpha value is -2.14. The molecule has 1 atom stereocenters. The van der Waals surface area contributed by atoms with E-state index in [1.165, 1.54) is 10.5 Å². The largest absolute Gasteiger partial charge is 0.419 e. The highest BCUT2D eigenvalue weighted by Gasteiger charge is 2.24. The van der Waals surface area contributed by atoms with Crippen LogP contribution in [0, 0.1) is 0 Å². The van der Waals surface area contributed by atoms with E-state index < -0.39 is 0 Å². The van der Waals surface area contributed by atoms with Crippen LogP contribution in [0.3, 0.4) is 0 Å². The van der Waals surface area contributed by atoms with Crippen LogP contribution >= 0.6 is 11.8 Å². The van der Waals surface area contributed by atoms with Crippen molar-refractivity contribution in [3.05, 3.63) is 58.6 Å². The number of benzene rings is 2. The van der Waals surface area contributed by atoms with Crippen molar-refractivity contribution in [2.45, 2.75) is 17.4 Å². The van der Waals surface area contributed by atoms with Crippen molar-refractivity contribution in [2.24, 2.45) is 0 Å². The molecule has 106 valence electrons. The fraction of sp³-hybridized carbons (Fsp3) is 0.188. The second kappa shape index (κ2) is 4.70. The quantitative estimate of drug-likeness (QED) is 0.739. The van der Waals surface area contributed by atoms with Crippen molar-refractivity contribution >= 4 is 28.5 Å². The van der Waals surface area contributed by atoms with Crippen LogP contribution in [-0.2, 0) is 6.54 Å². The molecule has 5 heteroatoms. The Morgan fingerprint density at radius 2 is 2.14 bits per heavy atom. The molecule has 0 radical (unpaired) electrons. The fourth-order valence-electron chi connectivity index (χ4n) is 2.86. The Balaban J connectivity index is 1.76. The van der Waals surface area contributed by atoms with Gasteiger partial charge in [0.2, 0.25) is 0 Å². The number of fused-ring (bicyclic) bond motifs is 2. The Morgan fingerprint density at radius 1 is 1.29 bits per heavy atom. The normalized spacial score (nSPS) is 17.2. The van der Waals surface area contributed by atoms with Crippen molar-refractivity contribution in [3.8, 4) is 0 Å². The van der Waals surface area contributed by atoms with Gasteiger partial charge >= 0.3 is 5.76 Å². The van der Waals surface area contributed by atoms with E-state index >= 15 is 0 Å². The van der Waals surface area contributed by atoms with Crippen LogP contribution < -0.4 is 11.5 Å². The SMILES string of the molecule is Nc1ccc2c(c1)oc(=O)n2CC1CSc2ccccc21. The molecule has 2 N–H and O–H groups in total. The smallest absolute Gasteiger partial charge is 0.408 e. The van der Waals surface area contributed by atoms with Gasteiger partial charge in [0.1, 0.15) is 0 Å². The lowest BCUT2D eigenvalue weighted by molar-refractivity contribution is 0.488. The summed E-state index contributed by atoms with van der Waals surface area (Å²) in [5, 5.41) is 0.